The van der Waals surface area contributed by atoms with Crippen LogP contribution in [0.2, 0.25) is 0 Å². The summed E-state index contributed by atoms with van der Waals surface area (Å²) in [7, 11) is 0. The molecule has 0 radical (unpaired) electrons. The smallest absolute Gasteiger partial charge is 0.237 e. The van der Waals surface area contributed by atoms with Gasteiger partial charge in [0.25, 0.3) is 0 Å². The van der Waals surface area contributed by atoms with Gasteiger partial charge >= 0.3 is 0 Å². The van der Waals surface area contributed by atoms with Crippen LogP contribution in [0.4, 0.5) is 0 Å². The van der Waals surface area contributed by atoms with E-state index in [-0.39, 0.29) is 11.5 Å². The zero-order valence-electron chi connectivity index (χ0n) is 12.2. The molecule has 1 aromatic heterocycles. The van der Waals surface area contributed by atoms with Gasteiger partial charge in [0.1, 0.15) is 11.4 Å². The first-order chi connectivity index (χ1) is 10.0. The second-order valence-corrected chi connectivity index (χ2v) is 5.02. The summed E-state index contributed by atoms with van der Waals surface area (Å²) in [5.41, 5.74) is 7.93. The summed E-state index contributed by atoms with van der Waals surface area (Å²) in [5, 5.41) is 11.5. The van der Waals surface area contributed by atoms with Gasteiger partial charge in [-0.15, -0.1) is 0 Å². The fourth-order valence-corrected chi connectivity index (χ4v) is 1.87. The molecule has 0 saturated heterocycles. The van der Waals surface area contributed by atoms with E-state index in [0.29, 0.717) is 11.8 Å². The predicted molar refractivity (Wildman–Crippen MR) is 79.9 cm³/mol. The van der Waals surface area contributed by atoms with Crippen molar-refractivity contribution in [3.63, 3.8) is 0 Å². The molecule has 0 spiro atoms. The minimum absolute atomic E-state index is 0.0903. The summed E-state index contributed by atoms with van der Waals surface area (Å²) in [5.74, 6) is 1.37. The number of oxime groups is 1. The second-order valence-electron chi connectivity index (χ2n) is 5.02. The standard InChI is InChI=1S/C15H18N4O2/c1-9(2)11-5-4-10(3)6-13(11)21-14-8-17-12(7-18-14)15(16)19-20/h4-9,20H,1-3H3,(H2,16,19). The molecular weight excluding hydrogens is 268 g/mol. The molecule has 0 bridgehead atoms. The van der Waals surface area contributed by atoms with E-state index >= 15 is 0 Å². The van der Waals surface area contributed by atoms with Crippen LogP contribution in [0.15, 0.2) is 35.7 Å². The van der Waals surface area contributed by atoms with Crippen LogP contribution in [-0.4, -0.2) is 21.0 Å². The summed E-state index contributed by atoms with van der Waals surface area (Å²) < 4.78 is 5.80. The van der Waals surface area contributed by atoms with E-state index in [1.54, 1.807) is 0 Å². The highest BCUT2D eigenvalue weighted by Crippen LogP contribution is 2.30. The van der Waals surface area contributed by atoms with Gasteiger partial charge in [-0.3, -0.25) is 0 Å². The van der Waals surface area contributed by atoms with Crippen LogP contribution in [0.25, 0.3) is 0 Å². The van der Waals surface area contributed by atoms with Crippen LogP contribution < -0.4 is 10.5 Å². The molecule has 1 heterocycles. The minimum Gasteiger partial charge on any atom is -0.437 e. The van der Waals surface area contributed by atoms with E-state index in [0.717, 1.165) is 16.9 Å². The van der Waals surface area contributed by atoms with Crippen molar-refractivity contribution in [3.05, 3.63) is 47.4 Å². The van der Waals surface area contributed by atoms with Crippen LogP contribution in [0.1, 0.15) is 36.6 Å². The average Bonchev–Trinajstić information content (AvgIpc) is 2.47. The molecule has 2 rings (SSSR count). The van der Waals surface area contributed by atoms with E-state index < -0.39 is 0 Å². The van der Waals surface area contributed by atoms with Gasteiger partial charge in [0.05, 0.1) is 12.4 Å². The molecule has 0 saturated carbocycles. The first kappa shape index (κ1) is 14.8. The maximum atomic E-state index is 8.58. The number of amidine groups is 1. The van der Waals surface area contributed by atoms with Gasteiger partial charge in [-0.2, -0.15) is 0 Å². The monoisotopic (exact) mass is 286 g/mol. The van der Waals surface area contributed by atoms with E-state index in [1.807, 2.05) is 19.1 Å². The van der Waals surface area contributed by atoms with Gasteiger partial charge < -0.3 is 15.7 Å². The highest BCUT2D eigenvalue weighted by atomic mass is 16.5. The Bertz CT molecular complexity index is 651. The molecule has 6 heteroatoms. The highest BCUT2D eigenvalue weighted by molar-refractivity contribution is 5.94. The first-order valence-corrected chi connectivity index (χ1v) is 6.59. The molecule has 0 aliphatic rings. The molecule has 3 N–H and O–H groups in total. The summed E-state index contributed by atoms with van der Waals surface area (Å²) in [6, 6.07) is 6.07. The van der Waals surface area contributed by atoms with Crippen LogP contribution in [0, 0.1) is 6.92 Å². The Kier molecular flexibility index (Phi) is 4.37. The maximum Gasteiger partial charge on any atom is 0.237 e. The lowest BCUT2D eigenvalue weighted by atomic mass is 10.0. The number of aryl methyl sites for hydroxylation is 1. The Morgan fingerprint density at radius 2 is 2.05 bits per heavy atom. The topological polar surface area (TPSA) is 93.6 Å². The molecule has 110 valence electrons. The molecule has 0 aliphatic carbocycles. The molecule has 1 aromatic carbocycles. The number of ether oxygens (including phenoxy) is 1. The lowest BCUT2D eigenvalue weighted by Gasteiger charge is -2.13. The first-order valence-electron chi connectivity index (χ1n) is 6.59. The Hall–Kier alpha value is -2.63. The molecule has 0 unspecified atom stereocenters. The maximum absolute atomic E-state index is 8.58. The molecule has 0 fully saturated rings. The number of rotatable bonds is 4. The van der Waals surface area contributed by atoms with Gasteiger partial charge in [-0.05, 0) is 30.0 Å². The zero-order valence-corrected chi connectivity index (χ0v) is 12.2. The Labute approximate surface area is 123 Å². The number of hydrogen-bond acceptors (Lipinski definition) is 5. The number of nitrogens with two attached hydrogens (primary N) is 1. The predicted octanol–water partition coefficient (Wildman–Crippen LogP) is 2.80. The largest absolute Gasteiger partial charge is 0.437 e. The number of hydrogen-bond donors (Lipinski definition) is 2. The van der Waals surface area contributed by atoms with Crippen LogP contribution >= 0.6 is 0 Å². The van der Waals surface area contributed by atoms with E-state index in [1.165, 1.54) is 12.4 Å². The Morgan fingerprint density at radius 1 is 1.29 bits per heavy atom. The third-order valence-corrected chi connectivity index (χ3v) is 3.00. The molecule has 0 atom stereocenters. The highest BCUT2D eigenvalue weighted by Gasteiger charge is 2.10. The summed E-state index contributed by atoms with van der Waals surface area (Å²) >= 11 is 0. The normalized spacial score (nSPS) is 11.7. The van der Waals surface area contributed by atoms with Gasteiger partial charge in [-0.1, -0.05) is 31.1 Å². The van der Waals surface area contributed by atoms with Crippen molar-refractivity contribution in [1.82, 2.24) is 9.97 Å². The molecule has 6 nitrogen and oxygen atoms in total. The minimum atomic E-state index is -0.0903. The number of nitrogens with zero attached hydrogens (tertiary/aromatic N) is 3. The van der Waals surface area contributed by atoms with Gasteiger partial charge in [0, 0.05) is 0 Å². The molecule has 0 aliphatic heterocycles. The fourth-order valence-electron chi connectivity index (χ4n) is 1.87. The number of aromatic nitrogens is 2. The Morgan fingerprint density at radius 3 is 2.62 bits per heavy atom. The van der Waals surface area contributed by atoms with Crippen molar-refractivity contribution < 1.29 is 9.94 Å². The van der Waals surface area contributed by atoms with Crippen LogP contribution in [0.3, 0.4) is 0 Å². The van der Waals surface area contributed by atoms with Crippen molar-refractivity contribution in [2.75, 3.05) is 0 Å². The summed E-state index contributed by atoms with van der Waals surface area (Å²) in [4.78, 5) is 8.16. The zero-order chi connectivity index (χ0) is 15.4. The van der Waals surface area contributed by atoms with Crippen molar-refractivity contribution in [3.8, 4) is 11.6 Å². The fraction of sp³-hybridized carbons (Fsp3) is 0.267. The Balaban J connectivity index is 2.28. The van der Waals surface area contributed by atoms with Crippen molar-refractivity contribution >= 4 is 5.84 Å². The molecule has 2 aromatic rings. The van der Waals surface area contributed by atoms with Gasteiger partial charge in [-0.25, -0.2) is 9.97 Å². The summed E-state index contributed by atoms with van der Waals surface area (Å²) in [6.45, 7) is 6.21. The van der Waals surface area contributed by atoms with Crippen molar-refractivity contribution in [2.45, 2.75) is 26.7 Å². The summed E-state index contributed by atoms with van der Waals surface area (Å²) in [6.07, 6.45) is 2.84. The molecule has 21 heavy (non-hydrogen) atoms. The third-order valence-electron chi connectivity index (χ3n) is 3.00. The van der Waals surface area contributed by atoms with Crippen LogP contribution in [0.5, 0.6) is 11.6 Å². The number of benzene rings is 1. The van der Waals surface area contributed by atoms with Crippen molar-refractivity contribution in [2.24, 2.45) is 10.9 Å². The van der Waals surface area contributed by atoms with E-state index in [4.69, 9.17) is 15.7 Å². The lowest BCUT2D eigenvalue weighted by Crippen LogP contribution is -2.15. The molecule has 0 amide bonds. The van der Waals surface area contributed by atoms with E-state index in [9.17, 15) is 0 Å². The lowest BCUT2D eigenvalue weighted by molar-refractivity contribution is 0.318. The molecular formula is C15H18N4O2. The average molecular weight is 286 g/mol. The second kappa shape index (κ2) is 6.21. The van der Waals surface area contributed by atoms with Gasteiger partial charge in [0.2, 0.25) is 5.88 Å². The SMILES string of the molecule is Cc1ccc(C(C)C)c(Oc2cnc(C(N)=NO)cn2)c1. The quantitative estimate of drug-likeness (QED) is 0.390. The van der Waals surface area contributed by atoms with Crippen molar-refractivity contribution in [1.29, 1.82) is 0 Å². The third kappa shape index (κ3) is 3.47. The van der Waals surface area contributed by atoms with Gasteiger partial charge in [0.15, 0.2) is 5.84 Å². The van der Waals surface area contributed by atoms with E-state index in [2.05, 4.69) is 35.0 Å². The van der Waals surface area contributed by atoms with Crippen LogP contribution in [-0.2, 0) is 0 Å².